The number of rotatable bonds is 5. The molecule has 0 saturated heterocycles. The summed E-state index contributed by atoms with van der Waals surface area (Å²) in [7, 11) is 0. The Bertz CT molecular complexity index is 314. The van der Waals surface area contributed by atoms with E-state index in [1.54, 1.807) is 6.07 Å². The van der Waals surface area contributed by atoms with Gasteiger partial charge in [0.2, 0.25) is 0 Å². The largest absolute Gasteiger partial charge is 0.493 e. The molecular weight excluding hydrogens is 215 g/mol. The molecule has 15 heavy (non-hydrogen) atoms. The van der Waals surface area contributed by atoms with Crippen LogP contribution < -0.4 is 4.74 Å². The fraction of sp³-hybridized carbons (Fsp3) is 0.500. The maximum atomic E-state index is 12.9. The highest BCUT2D eigenvalue weighted by Gasteiger charge is 2.06. The Labute approximate surface area is 95.2 Å². The second-order valence-corrected chi connectivity index (χ2v) is 3.98. The van der Waals surface area contributed by atoms with Gasteiger partial charge in [0.15, 0.2) is 0 Å². The van der Waals surface area contributed by atoms with Gasteiger partial charge in [0, 0.05) is 5.56 Å². The van der Waals surface area contributed by atoms with Gasteiger partial charge in [0.25, 0.3) is 0 Å². The monoisotopic (exact) mass is 230 g/mol. The van der Waals surface area contributed by atoms with Crippen LogP contribution in [0, 0.1) is 11.7 Å². The van der Waals surface area contributed by atoms with E-state index in [1.807, 2.05) is 0 Å². The highest BCUT2D eigenvalue weighted by Crippen LogP contribution is 2.22. The molecule has 1 aromatic carbocycles. The fourth-order valence-corrected chi connectivity index (χ4v) is 1.35. The Hall–Kier alpha value is -0.760. The van der Waals surface area contributed by atoms with Crippen molar-refractivity contribution >= 4 is 11.6 Å². The van der Waals surface area contributed by atoms with E-state index in [9.17, 15) is 4.39 Å². The molecule has 0 spiro atoms. The summed E-state index contributed by atoms with van der Waals surface area (Å²) in [5.74, 6) is 1.18. The summed E-state index contributed by atoms with van der Waals surface area (Å²) < 4.78 is 18.5. The minimum atomic E-state index is -0.276. The zero-order valence-electron chi connectivity index (χ0n) is 9.09. The highest BCUT2D eigenvalue weighted by molar-refractivity contribution is 6.17. The summed E-state index contributed by atoms with van der Waals surface area (Å²) in [6, 6.07) is 4.44. The molecule has 0 heterocycles. The Kier molecular flexibility index (Phi) is 4.89. The SMILES string of the molecule is CCC(C)COc1ccc(F)cc1CCl. The van der Waals surface area contributed by atoms with Gasteiger partial charge in [-0.15, -0.1) is 11.6 Å². The maximum absolute atomic E-state index is 12.9. The second-order valence-electron chi connectivity index (χ2n) is 3.71. The van der Waals surface area contributed by atoms with Crippen molar-refractivity contribution in [2.75, 3.05) is 6.61 Å². The molecule has 0 bridgehead atoms. The number of hydrogen-bond donors (Lipinski definition) is 0. The van der Waals surface area contributed by atoms with E-state index in [4.69, 9.17) is 16.3 Å². The van der Waals surface area contributed by atoms with Gasteiger partial charge in [-0.25, -0.2) is 4.39 Å². The average molecular weight is 231 g/mol. The Morgan fingerprint density at radius 2 is 2.20 bits per heavy atom. The van der Waals surface area contributed by atoms with E-state index in [2.05, 4.69) is 13.8 Å². The summed E-state index contributed by atoms with van der Waals surface area (Å²) in [6.45, 7) is 4.87. The predicted molar refractivity (Wildman–Crippen MR) is 60.9 cm³/mol. The minimum Gasteiger partial charge on any atom is -0.493 e. The van der Waals surface area contributed by atoms with Crippen molar-refractivity contribution in [3.8, 4) is 5.75 Å². The van der Waals surface area contributed by atoms with Crippen molar-refractivity contribution in [3.63, 3.8) is 0 Å². The first-order chi connectivity index (χ1) is 7.17. The molecule has 0 amide bonds. The van der Waals surface area contributed by atoms with Crippen LogP contribution in [0.1, 0.15) is 25.8 Å². The number of ether oxygens (including phenoxy) is 1. The van der Waals surface area contributed by atoms with Gasteiger partial charge in [0.1, 0.15) is 11.6 Å². The summed E-state index contributed by atoms with van der Waals surface area (Å²) in [5, 5.41) is 0. The lowest BCUT2D eigenvalue weighted by Gasteiger charge is -2.13. The fourth-order valence-electron chi connectivity index (χ4n) is 1.14. The van der Waals surface area contributed by atoms with Gasteiger partial charge >= 0.3 is 0 Å². The molecule has 0 N–H and O–H groups in total. The van der Waals surface area contributed by atoms with Crippen LogP contribution in [-0.4, -0.2) is 6.61 Å². The van der Waals surface area contributed by atoms with Crippen molar-refractivity contribution < 1.29 is 9.13 Å². The Morgan fingerprint density at radius 1 is 1.47 bits per heavy atom. The van der Waals surface area contributed by atoms with Crippen molar-refractivity contribution in [2.24, 2.45) is 5.92 Å². The van der Waals surface area contributed by atoms with Crippen LogP contribution in [0.2, 0.25) is 0 Å². The molecule has 1 nitrogen and oxygen atoms in total. The van der Waals surface area contributed by atoms with E-state index in [0.717, 1.165) is 6.42 Å². The highest BCUT2D eigenvalue weighted by atomic mass is 35.5. The van der Waals surface area contributed by atoms with Crippen molar-refractivity contribution in [3.05, 3.63) is 29.6 Å². The summed E-state index contributed by atoms with van der Waals surface area (Å²) >= 11 is 5.71. The smallest absolute Gasteiger partial charge is 0.123 e. The molecule has 84 valence electrons. The molecule has 0 aliphatic heterocycles. The molecule has 3 heteroatoms. The quantitative estimate of drug-likeness (QED) is 0.695. The molecule has 0 aromatic heterocycles. The van der Waals surface area contributed by atoms with Crippen LogP contribution in [0.25, 0.3) is 0 Å². The summed E-state index contributed by atoms with van der Waals surface area (Å²) in [5.41, 5.74) is 0.708. The van der Waals surface area contributed by atoms with Gasteiger partial charge in [-0.2, -0.15) is 0 Å². The molecular formula is C12H16ClFO. The molecule has 0 aliphatic rings. The molecule has 0 saturated carbocycles. The standard InChI is InChI=1S/C12H16ClFO/c1-3-9(2)8-15-12-5-4-11(14)6-10(12)7-13/h4-6,9H,3,7-8H2,1-2H3. The van der Waals surface area contributed by atoms with Crippen LogP contribution in [0.3, 0.4) is 0 Å². The van der Waals surface area contributed by atoms with Crippen molar-refractivity contribution in [1.29, 1.82) is 0 Å². The molecule has 1 rings (SSSR count). The zero-order valence-corrected chi connectivity index (χ0v) is 9.85. The number of benzene rings is 1. The van der Waals surface area contributed by atoms with Crippen LogP contribution >= 0.6 is 11.6 Å². The van der Waals surface area contributed by atoms with Crippen LogP contribution in [0.15, 0.2) is 18.2 Å². The van der Waals surface area contributed by atoms with Crippen LogP contribution in [0.5, 0.6) is 5.75 Å². The third-order valence-corrected chi connectivity index (χ3v) is 2.67. The summed E-state index contributed by atoms with van der Waals surface area (Å²) in [4.78, 5) is 0. The molecule has 1 atom stereocenters. The van der Waals surface area contributed by atoms with E-state index >= 15 is 0 Å². The Balaban J connectivity index is 2.67. The first-order valence-electron chi connectivity index (χ1n) is 5.14. The van der Waals surface area contributed by atoms with Gasteiger partial charge in [-0.05, 0) is 24.1 Å². The van der Waals surface area contributed by atoms with Crippen molar-refractivity contribution in [1.82, 2.24) is 0 Å². The van der Waals surface area contributed by atoms with E-state index < -0.39 is 0 Å². The maximum Gasteiger partial charge on any atom is 0.123 e. The lowest BCUT2D eigenvalue weighted by molar-refractivity contribution is 0.254. The van der Waals surface area contributed by atoms with E-state index in [-0.39, 0.29) is 11.7 Å². The molecule has 0 aliphatic carbocycles. The van der Waals surface area contributed by atoms with Gasteiger partial charge in [-0.1, -0.05) is 20.3 Å². The van der Waals surface area contributed by atoms with Gasteiger partial charge in [-0.3, -0.25) is 0 Å². The Morgan fingerprint density at radius 3 is 2.80 bits per heavy atom. The summed E-state index contributed by atoms with van der Waals surface area (Å²) in [6.07, 6.45) is 1.07. The number of hydrogen-bond acceptors (Lipinski definition) is 1. The average Bonchev–Trinajstić information content (AvgIpc) is 2.26. The minimum absolute atomic E-state index is 0.271. The van der Waals surface area contributed by atoms with Crippen LogP contribution in [0.4, 0.5) is 4.39 Å². The third kappa shape index (κ3) is 3.71. The van der Waals surface area contributed by atoms with Gasteiger partial charge in [0.05, 0.1) is 12.5 Å². The van der Waals surface area contributed by atoms with Gasteiger partial charge < -0.3 is 4.74 Å². The molecule has 0 fully saturated rings. The first-order valence-corrected chi connectivity index (χ1v) is 5.68. The lowest BCUT2D eigenvalue weighted by Crippen LogP contribution is -2.08. The number of alkyl halides is 1. The normalized spacial score (nSPS) is 12.5. The molecule has 1 unspecified atom stereocenters. The second kappa shape index (κ2) is 5.96. The zero-order chi connectivity index (χ0) is 11.3. The van der Waals surface area contributed by atoms with Crippen LogP contribution in [-0.2, 0) is 5.88 Å². The molecule has 1 aromatic rings. The lowest BCUT2D eigenvalue weighted by atomic mass is 10.1. The predicted octanol–water partition coefficient (Wildman–Crippen LogP) is 3.99. The van der Waals surface area contributed by atoms with E-state index in [1.165, 1.54) is 12.1 Å². The third-order valence-electron chi connectivity index (χ3n) is 2.39. The number of halogens is 2. The van der Waals surface area contributed by atoms with E-state index in [0.29, 0.717) is 23.8 Å². The molecule has 0 radical (unpaired) electrons. The first kappa shape index (κ1) is 12.3. The topological polar surface area (TPSA) is 9.23 Å². The van der Waals surface area contributed by atoms with Crippen molar-refractivity contribution in [2.45, 2.75) is 26.1 Å².